The molecule has 3 aromatic carbocycles. The van der Waals surface area contributed by atoms with Crippen molar-refractivity contribution >= 4 is 27.5 Å². The Morgan fingerprint density at radius 2 is 1.65 bits per heavy atom. The van der Waals surface area contributed by atoms with Crippen molar-refractivity contribution in [3.8, 4) is 11.1 Å². The quantitative estimate of drug-likeness (QED) is 0.171. The van der Waals surface area contributed by atoms with Crippen molar-refractivity contribution < 1.29 is 18.0 Å². The maximum Gasteiger partial charge on any atom is 0.227 e. The summed E-state index contributed by atoms with van der Waals surface area (Å²) in [7, 11) is -2.20. The summed E-state index contributed by atoms with van der Waals surface area (Å²) in [6, 6.07) is 22.3. The van der Waals surface area contributed by atoms with E-state index in [2.05, 4.69) is 38.2 Å². The molecule has 246 valence electrons. The molecule has 0 aliphatic carbocycles. The highest BCUT2D eigenvalue weighted by Crippen LogP contribution is 2.30. The molecule has 1 aliphatic heterocycles. The summed E-state index contributed by atoms with van der Waals surface area (Å²) in [5.41, 5.74) is 9.96. The summed E-state index contributed by atoms with van der Waals surface area (Å²) in [5, 5.41) is 10.5. The number of nitrogens with zero attached hydrogens (tertiary/aromatic N) is 1. The minimum Gasteiger partial charge on any atom is -0.384 e. The van der Waals surface area contributed by atoms with Crippen LogP contribution in [0.1, 0.15) is 69.6 Å². The van der Waals surface area contributed by atoms with Crippen LogP contribution in [0.25, 0.3) is 11.1 Å². The number of carbonyl (C=O) groups is 2. The van der Waals surface area contributed by atoms with E-state index in [4.69, 9.17) is 11.1 Å². The topological polar surface area (TPSA) is 133 Å². The zero-order valence-electron chi connectivity index (χ0n) is 27.5. The number of benzene rings is 3. The number of piperidine rings is 1. The largest absolute Gasteiger partial charge is 0.384 e. The third-order valence-electron chi connectivity index (χ3n) is 8.99. The number of nitrogens with one attached hydrogen (secondary N) is 2. The monoisotopic (exact) mass is 644 g/mol. The van der Waals surface area contributed by atoms with Gasteiger partial charge in [-0.05, 0) is 83.9 Å². The molecule has 0 spiro atoms. The molecule has 4 rings (SSSR count). The SMILES string of the molecule is CNC(=O)CCCC1CCN(C(=O)[C@H](Cc2cccc(C(=N)N)c2)CS(=O)(=O)c2cccc(-c3ccc(C(C)(C)C)cc3)c2)CC1. The Hall–Kier alpha value is -3.98. The van der Waals surface area contributed by atoms with Crippen LogP contribution in [0.4, 0.5) is 0 Å². The molecule has 3 aromatic rings. The number of nitrogen functional groups attached to an aromatic ring is 1. The number of hydrogen-bond acceptors (Lipinski definition) is 5. The van der Waals surface area contributed by atoms with Crippen LogP contribution in [0.5, 0.6) is 0 Å². The summed E-state index contributed by atoms with van der Waals surface area (Å²) in [6.07, 6.45) is 4.12. The number of carbonyl (C=O) groups excluding carboxylic acids is 2. The number of amidine groups is 1. The van der Waals surface area contributed by atoms with Crippen LogP contribution in [0.15, 0.2) is 77.7 Å². The van der Waals surface area contributed by atoms with E-state index in [9.17, 15) is 18.0 Å². The number of likely N-dealkylation sites (tertiary alicyclic amines) is 1. The third-order valence-corrected chi connectivity index (χ3v) is 10.8. The lowest BCUT2D eigenvalue weighted by molar-refractivity contribution is -0.136. The van der Waals surface area contributed by atoms with Gasteiger partial charge < -0.3 is 16.0 Å². The maximum atomic E-state index is 14.0. The van der Waals surface area contributed by atoms with Crippen molar-refractivity contribution in [2.24, 2.45) is 17.6 Å². The maximum absolute atomic E-state index is 14.0. The first kappa shape index (κ1) is 34.9. The van der Waals surface area contributed by atoms with Gasteiger partial charge in [0.05, 0.1) is 16.6 Å². The third kappa shape index (κ3) is 9.28. The van der Waals surface area contributed by atoms with Crippen LogP contribution in [-0.4, -0.2) is 56.9 Å². The molecule has 0 unspecified atom stereocenters. The predicted octanol–water partition coefficient (Wildman–Crippen LogP) is 5.72. The van der Waals surface area contributed by atoms with Gasteiger partial charge in [-0.3, -0.25) is 15.0 Å². The number of sulfone groups is 1. The summed E-state index contributed by atoms with van der Waals surface area (Å²) >= 11 is 0. The molecule has 8 nitrogen and oxygen atoms in total. The average Bonchev–Trinajstić information content (AvgIpc) is 3.04. The molecular weight excluding hydrogens is 596 g/mol. The van der Waals surface area contributed by atoms with Gasteiger partial charge in [-0.15, -0.1) is 0 Å². The van der Waals surface area contributed by atoms with Crippen molar-refractivity contribution in [1.29, 1.82) is 5.41 Å². The number of hydrogen-bond donors (Lipinski definition) is 3. The normalized spacial score (nSPS) is 14.9. The molecule has 0 saturated carbocycles. The lowest BCUT2D eigenvalue weighted by atomic mass is 9.86. The van der Waals surface area contributed by atoms with Crippen LogP contribution in [0.3, 0.4) is 0 Å². The van der Waals surface area contributed by atoms with Gasteiger partial charge in [0.1, 0.15) is 5.84 Å². The smallest absolute Gasteiger partial charge is 0.227 e. The highest BCUT2D eigenvalue weighted by Gasteiger charge is 2.33. The average molecular weight is 645 g/mol. The summed E-state index contributed by atoms with van der Waals surface area (Å²) in [4.78, 5) is 27.6. The minimum absolute atomic E-state index is 0.0112. The second kappa shape index (κ2) is 15.1. The fraction of sp³-hybridized carbons (Fsp3) is 0.432. The van der Waals surface area contributed by atoms with Crippen molar-refractivity contribution in [2.45, 2.75) is 69.6 Å². The molecule has 46 heavy (non-hydrogen) atoms. The first-order valence-corrected chi connectivity index (χ1v) is 17.8. The van der Waals surface area contributed by atoms with E-state index >= 15 is 0 Å². The van der Waals surface area contributed by atoms with Crippen LogP contribution in [0, 0.1) is 17.2 Å². The van der Waals surface area contributed by atoms with Gasteiger partial charge in [-0.2, -0.15) is 0 Å². The van der Waals surface area contributed by atoms with E-state index in [1.807, 2.05) is 24.3 Å². The van der Waals surface area contributed by atoms with E-state index in [0.29, 0.717) is 31.0 Å². The Balaban J connectivity index is 1.54. The van der Waals surface area contributed by atoms with Crippen LogP contribution in [-0.2, 0) is 31.3 Å². The van der Waals surface area contributed by atoms with E-state index in [-0.39, 0.29) is 40.1 Å². The zero-order valence-corrected chi connectivity index (χ0v) is 28.3. The van der Waals surface area contributed by atoms with Crippen molar-refractivity contribution in [1.82, 2.24) is 10.2 Å². The van der Waals surface area contributed by atoms with Crippen LogP contribution < -0.4 is 11.1 Å². The second-order valence-corrected chi connectivity index (χ2v) is 15.5. The van der Waals surface area contributed by atoms with E-state index in [1.165, 1.54) is 5.56 Å². The Morgan fingerprint density at radius 1 is 0.978 bits per heavy atom. The molecule has 1 aliphatic rings. The lowest BCUT2D eigenvalue weighted by Gasteiger charge is -2.34. The fourth-order valence-corrected chi connectivity index (χ4v) is 7.71. The first-order valence-electron chi connectivity index (χ1n) is 16.1. The highest BCUT2D eigenvalue weighted by molar-refractivity contribution is 7.91. The second-order valence-electron chi connectivity index (χ2n) is 13.5. The Morgan fingerprint density at radius 3 is 2.28 bits per heavy atom. The van der Waals surface area contributed by atoms with Crippen molar-refractivity contribution in [2.75, 3.05) is 25.9 Å². The van der Waals surface area contributed by atoms with Crippen molar-refractivity contribution in [3.63, 3.8) is 0 Å². The number of amides is 2. The Bertz CT molecular complexity index is 1640. The molecule has 0 bridgehead atoms. The summed E-state index contributed by atoms with van der Waals surface area (Å²) in [5.74, 6) is -0.906. The van der Waals surface area contributed by atoms with Gasteiger partial charge >= 0.3 is 0 Å². The van der Waals surface area contributed by atoms with Gasteiger partial charge in [0, 0.05) is 32.1 Å². The fourth-order valence-electron chi connectivity index (χ4n) is 6.14. The van der Waals surface area contributed by atoms with Crippen molar-refractivity contribution in [3.05, 3.63) is 89.5 Å². The molecule has 9 heteroatoms. The van der Waals surface area contributed by atoms with Gasteiger partial charge in [0.25, 0.3) is 0 Å². The number of rotatable bonds is 12. The molecule has 0 radical (unpaired) electrons. The van der Waals surface area contributed by atoms with E-state index in [1.54, 1.807) is 48.3 Å². The van der Waals surface area contributed by atoms with Crippen LogP contribution in [0.2, 0.25) is 0 Å². The molecule has 4 N–H and O–H groups in total. The standard InChI is InChI=1S/C37H48N4O4S/c1-37(2,3)32-16-14-28(15-17-32)29-10-7-12-33(24-29)46(44,45)25-31(23-27-9-5-11-30(22-27)35(38)39)36(43)41-20-18-26(19-21-41)8-6-13-34(42)40-4/h5,7,9-12,14-17,22,24,26,31H,6,8,13,18-21,23,25H2,1-4H3,(H3,38,39)(H,40,42)/t31-/m1/s1. The summed E-state index contributed by atoms with van der Waals surface area (Å²) < 4.78 is 27.9. The minimum atomic E-state index is -3.84. The lowest BCUT2D eigenvalue weighted by Crippen LogP contribution is -2.44. The Kier molecular flexibility index (Phi) is 11.4. The van der Waals surface area contributed by atoms with E-state index < -0.39 is 15.8 Å². The predicted molar refractivity (Wildman–Crippen MR) is 185 cm³/mol. The van der Waals surface area contributed by atoms with E-state index in [0.717, 1.165) is 42.4 Å². The number of nitrogens with two attached hydrogens (primary N) is 1. The molecule has 2 amide bonds. The van der Waals surface area contributed by atoms with Gasteiger partial charge in [0.2, 0.25) is 11.8 Å². The zero-order chi connectivity index (χ0) is 33.5. The van der Waals surface area contributed by atoms with Gasteiger partial charge in [-0.25, -0.2) is 8.42 Å². The Labute approximate surface area is 274 Å². The molecule has 1 atom stereocenters. The van der Waals surface area contributed by atoms with Gasteiger partial charge in [-0.1, -0.05) is 75.4 Å². The highest BCUT2D eigenvalue weighted by atomic mass is 32.2. The first-order chi connectivity index (χ1) is 21.8. The molecule has 1 saturated heterocycles. The van der Waals surface area contributed by atoms with Gasteiger partial charge in [0.15, 0.2) is 9.84 Å². The van der Waals surface area contributed by atoms with Crippen LogP contribution >= 0.6 is 0 Å². The summed E-state index contributed by atoms with van der Waals surface area (Å²) in [6.45, 7) is 7.59. The molecule has 1 heterocycles. The molecule has 1 fully saturated rings. The molecular formula is C37H48N4O4S. The molecule has 0 aromatic heterocycles.